The number of amides is 1. The number of nitrogens with one attached hydrogen (secondary N) is 1. The van der Waals surface area contributed by atoms with Crippen molar-refractivity contribution in [2.45, 2.75) is 32.3 Å². The first-order chi connectivity index (χ1) is 11.4. The minimum Gasteiger partial charge on any atom is -0.351 e. The van der Waals surface area contributed by atoms with Gasteiger partial charge in [0.15, 0.2) is 0 Å². The third kappa shape index (κ3) is 4.52. The Morgan fingerprint density at radius 3 is 2.75 bits per heavy atom. The van der Waals surface area contributed by atoms with Crippen LogP contribution in [0.2, 0.25) is 0 Å². The Morgan fingerprint density at radius 1 is 1.33 bits per heavy atom. The van der Waals surface area contributed by atoms with E-state index in [1.165, 1.54) is 17.8 Å². The molecule has 1 N–H and O–H groups in total. The molecule has 1 aromatic heterocycles. The Hall–Kier alpha value is -2.46. The van der Waals surface area contributed by atoms with E-state index in [9.17, 15) is 14.4 Å². The van der Waals surface area contributed by atoms with Gasteiger partial charge in [0, 0.05) is 6.54 Å². The molecule has 0 saturated carbocycles. The third-order valence-electron chi connectivity index (χ3n) is 3.35. The van der Waals surface area contributed by atoms with Gasteiger partial charge in [-0.05, 0) is 38.0 Å². The molecule has 0 saturated heterocycles. The van der Waals surface area contributed by atoms with Crippen LogP contribution in [0.5, 0.6) is 0 Å². The number of hydrogen-bond acceptors (Lipinski definition) is 5. The number of carbonyl (C=O) groups is 1. The number of benzene rings is 1. The van der Waals surface area contributed by atoms with Crippen LogP contribution in [0, 0.1) is 37.9 Å². The lowest BCUT2D eigenvalue weighted by molar-refractivity contribution is -0.118. The van der Waals surface area contributed by atoms with Gasteiger partial charge in [0.1, 0.15) is 28.3 Å². The zero-order chi connectivity index (χ0) is 17.7. The summed E-state index contributed by atoms with van der Waals surface area (Å²) in [5.41, 5.74) is 2.25. The fourth-order valence-electron chi connectivity index (χ4n) is 2.05. The van der Waals surface area contributed by atoms with Gasteiger partial charge >= 0.3 is 0 Å². The van der Waals surface area contributed by atoms with E-state index in [1.54, 1.807) is 32.9 Å². The van der Waals surface area contributed by atoms with Crippen LogP contribution < -0.4 is 5.32 Å². The summed E-state index contributed by atoms with van der Waals surface area (Å²) in [6.45, 7) is 5.42. The molecule has 0 atom stereocenters. The van der Waals surface area contributed by atoms with Crippen LogP contribution >= 0.6 is 11.8 Å². The van der Waals surface area contributed by atoms with E-state index in [4.69, 9.17) is 0 Å². The predicted octanol–water partition coefficient (Wildman–Crippen LogP) is 2.82. The summed E-state index contributed by atoms with van der Waals surface area (Å²) in [4.78, 5) is 20.3. The Labute approximate surface area is 144 Å². The molecule has 0 aliphatic rings. The van der Waals surface area contributed by atoms with Crippen molar-refractivity contribution in [1.29, 1.82) is 5.26 Å². The number of nitriles is 1. The van der Waals surface area contributed by atoms with Gasteiger partial charge in [-0.1, -0.05) is 23.9 Å². The number of thioether (sulfide) groups is 1. The normalized spacial score (nSPS) is 10.3. The number of halogens is 1. The van der Waals surface area contributed by atoms with Gasteiger partial charge in [-0.15, -0.1) is 0 Å². The maximum Gasteiger partial charge on any atom is 0.230 e. The van der Waals surface area contributed by atoms with E-state index in [1.807, 2.05) is 0 Å². The number of nitrogens with zero attached hydrogens (tertiary/aromatic N) is 3. The molecular formula is C17H17FN4OS. The molecule has 1 aromatic carbocycles. The van der Waals surface area contributed by atoms with E-state index in [0.717, 1.165) is 0 Å². The maximum atomic E-state index is 13.5. The summed E-state index contributed by atoms with van der Waals surface area (Å²) in [5.74, 6) is 0.184. The van der Waals surface area contributed by atoms with Crippen LogP contribution in [0.1, 0.15) is 28.2 Å². The lowest BCUT2D eigenvalue weighted by Gasteiger charge is -2.08. The first kappa shape index (κ1) is 17.9. The third-order valence-corrected chi connectivity index (χ3v) is 4.32. The van der Waals surface area contributed by atoms with Crippen molar-refractivity contribution in [3.63, 3.8) is 0 Å². The molecule has 1 amide bonds. The van der Waals surface area contributed by atoms with Gasteiger partial charge in [-0.25, -0.2) is 14.4 Å². The SMILES string of the molecule is Cc1nc(C)c(C#N)c(SCC(=O)NCc2ccc(C)c(F)c2)n1. The average molecular weight is 344 g/mol. The molecule has 2 rings (SSSR count). The van der Waals surface area contributed by atoms with Gasteiger partial charge in [0.25, 0.3) is 0 Å². The maximum absolute atomic E-state index is 13.5. The molecule has 0 bridgehead atoms. The van der Waals surface area contributed by atoms with Gasteiger partial charge < -0.3 is 5.32 Å². The number of rotatable bonds is 5. The standard InChI is InChI=1S/C17H17FN4OS/c1-10-4-5-13(6-15(10)18)8-20-16(23)9-24-17-14(7-19)11(2)21-12(3)22-17/h4-6H,8-9H2,1-3H3,(H,20,23). The molecule has 5 nitrogen and oxygen atoms in total. The highest BCUT2D eigenvalue weighted by atomic mass is 32.2. The fourth-order valence-corrected chi connectivity index (χ4v) is 2.95. The minimum absolute atomic E-state index is 0.124. The van der Waals surface area contributed by atoms with Crippen LogP contribution in [0.4, 0.5) is 4.39 Å². The first-order valence-electron chi connectivity index (χ1n) is 7.30. The molecule has 0 radical (unpaired) electrons. The quantitative estimate of drug-likeness (QED) is 0.666. The molecule has 0 aliphatic carbocycles. The Morgan fingerprint density at radius 2 is 2.08 bits per heavy atom. The fraction of sp³-hybridized carbons (Fsp3) is 0.294. The molecular weight excluding hydrogens is 327 g/mol. The molecule has 0 fully saturated rings. The highest BCUT2D eigenvalue weighted by molar-refractivity contribution is 8.00. The summed E-state index contributed by atoms with van der Waals surface area (Å²) < 4.78 is 13.5. The minimum atomic E-state index is -0.290. The zero-order valence-corrected chi connectivity index (χ0v) is 14.5. The second-order valence-corrected chi connectivity index (χ2v) is 6.26. The number of carbonyl (C=O) groups excluding carboxylic acids is 1. The number of aromatic nitrogens is 2. The van der Waals surface area contributed by atoms with Crippen LogP contribution in [-0.4, -0.2) is 21.6 Å². The molecule has 0 aliphatic heterocycles. The molecule has 2 aromatic rings. The van der Waals surface area contributed by atoms with E-state index in [2.05, 4.69) is 21.4 Å². The molecule has 1 heterocycles. The lowest BCUT2D eigenvalue weighted by Crippen LogP contribution is -2.24. The van der Waals surface area contributed by atoms with Crippen molar-refractivity contribution >= 4 is 17.7 Å². The Bertz CT molecular complexity index is 817. The van der Waals surface area contributed by atoms with E-state index in [-0.39, 0.29) is 24.0 Å². The van der Waals surface area contributed by atoms with Gasteiger partial charge in [-0.2, -0.15) is 5.26 Å². The van der Waals surface area contributed by atoms with Crippen molar-refractivity contribution in [3.8, 4) is 6.07 Å². The van der Waals surface area contributed by atoms with E-state index >= 15 is 0 Å². The number of aryl methyl sites for hydroxylation is 3. The van der Waals surface area contributed by atoms with Crippen molar-refractivity contribution in [1.82, 2.24) is 15.3 Å². The second kappa shape index (κ2) is 7.88. The zero-order valence-electron chi connectivity index (χ0n) is 13.7. The second-order valence-electron chi connectivity index (χ2n) is 5.30. The van der Waals surface area contributed by atoms with Crippen LogP contribution in [0.15, 0.2) is 23.2 Å². The summed E-state index contributed by atoms with van der Waals surface area (Å²) >= 11 is 1.19. The summed E-state index contributed by atoms with van der Waals surface area (Å²) in [5, 5.41) is 12.4. The molecule has 0 unspecified atom stereocenters. The molecule has 0 spiro atoms. The van der Waals surface area contributed by atoms with Crippen molar-refractivity contribution in [2.24, 2.45) is 0 Å². The van der Waals surface area contributed by atoms with Crippen molar-refractivity contribution < 1.29 is 9.18 Å². The first-order valence-corrected chi connectivity index (χ1v) is 8.29. The van der Waals surface area contributed by atoms with Crippen LogP contribution in [0.3, 0.4) is 0 Å². The smallest absolute Gasteiger partial charge is 0.230 e. The summed E-state index contributed by atoms with van der Waals surface area (Å²) in [7, 11) is 0. The van der Waals surface area contributed by atoms with Crippen molar-refractivity contribution in [3.05, 3.63) is 52.2 Å². The molecule has 24 heavy (non-hydrogen) atoms. The average Bonchev–Trinajstić information content (AvgIpc) is 2.53. The number of hydrogen-bond donors (Lipinski definition) is 1. The van der Waals surface area contributed by atoms with Crippen LogP contribution in [0.25, 0.3) is 0 Å². The van der Waals surface area contributed by atoms with Gasteiger partial charge in [-0.3, -0.25) is 4.79 Å². The van der Waals surface area contributed by atoms with E-state index in [0.29, 0.717) is 33.2 Å². The van der Waals surface area contributed by atoms with E-state index < -0.39 is 0 Å². The summed E-state index contributed by atoms with van der Waals surface area (Å²) in [6, 6.07) is 6.93. The topological polar surface area (TPSA) is 78.7 Å². The Balaban J connectivity index is 1.94. The van der Waals surface area contributed by atoms with Crippen molar-refractivity contribution in [2.75, 3.05) is 5.75 Å². The monoisotopic (exact) mass is 344 g/mol. The van der Waals surface area contributed by atoms with Gasteiger partial charge in [0.2, 0.25) is 5.91 Å². The van der Waals surface area contributed by atoms with Gasteiger partial charge in [0.05, 0.1) is 11.4 Å². The highest BCUT2D eigenvalue weighted by Crippen LogP contribution is 2.21. The molecule has 124 valence electrons. The predicted molar refractivity (Wildman–Crippen MR) is 89.9 cm³/mol. The van der Waals surface area contributed by atoms with Crippen LogP contribution in [-0.2, 0) is 11.3 Å². The lowest BCUT2D eigenvalue weighted by atomic mass is 10.1. The highest BCUT2D eigenvalue weighted by Gasteiger charge is 2.12. The largest absolute Gasteiger partial charge is 0.351 e. The molecule has 7 heteroatoms. The Kier molecular flexibility index (Phi) is 5.88. The summed E-state index contributed by atoms with van der Waals surface area (Å²) in [6.07, 6.45) is 0.